The molecule has 0 fully saturated rings. The SMILES string of the molecule is CN(C)CCCN[C@@H](CC(=O)Nc1ccc(Cl)cc1)C(=O)O. The fourth-order valence-electron chi connectivity index (χ4n) is 1.85. The van der Waals surface area contributed by atoms with Gasteiger partial charge in [0, 0.05) is 10.7 Å². The Morgan fingerprint density at radius 2 is 1.91 bits per heavy atom. The van der Waals surface area contributed by atoms with Crippen molar-refractivity contribution in [2.24, 2.45) is 0 Å². The number of hydrogen-bond acceptors (Lipinski definition) is 4. The predicted octanol–water partition coefficient (Wildman–Crippen LogP) is 1.66. The van der Waals surface area contributed by atoms with Crippen molar-refractivity contribution in [1.29, 1.82) is 0 Å². The third-order valence-corrected chi connectivity index (χ3v) is 3.24. The molecule has 0 unspecified atom stereocenters. The number of nitrogens with one attached hydrogen (secondary N) is 2. The topological polar surface area (TPSA) is 81.7 Å². The van der Waals surface area contributed by atoms with E-state index in [1.807, 2.05) is 19.0 Å². The number of benzene rings is 1. The quantitative estimate of drug-likeness (QED) is 0.601. The van der Waals surface area contributed by atoms with E-state index in [9.17, 15) is 9.59 Å². The summed E-state index contributed by atoms with van der Waals surface area (Å²) in [5.74, 6) is -1.38. The van der Waals surface area contributed by atoms with E-state index in [-0.39, 0.29) is 12.3 Å². The minimum atomic E-state index is -1.03. The maximum absolute atomic E-state index is 11.9. The Kier molecular flexibility index (Phi) is 7.87. The van der Waals surface area contributed by atoms with Crippen molar-refractivity contribution in [2.45, 2.75) is 18.9 Å². The normalized spacial score (nSPS) is 12.2. The zero-order valence-electron chi connectivity index (χ0n) is 12.8. The van der Waals surface area contributed by atoms with Gasteiger partial charge in [0.15, 0.2) is 0 Å². The number of hydrogen-bond donors (Lipinski definition) is 3. The summed E-state index contributed by atoms with van der Waals surface area (Å²) in [4.78, 5) is 25.1. The number of carboxylic acids is 1. The summed E-state index contributed by atoms with van der Waals surface area (Å²) < 4.78 is 0. The highest BCUT2D eigenvalue weighted by molar-refractivity contribution is 6.30. The number of halogens is 1. The van der Waals surface area contributed by atoms with E-state index in [1.54, 1.807) is 24.3 Å². The van der Waals surface area contributed by atoms with Gasteiger partial charge < -0.3 is 20.6 Å². The molecule has 0 aliphatic carbocycles. The molecule has 7 heteroatoms. The molecule has 0 saturated carbocycles. The van der Waals surface area contributed by atoms with Crippen LogP contribution in [0.1, 0.15) is 12.8 Å². The Hall–Kier alpha value is -1.63. The van der Waals surface area contributed by atoms with Gasteiger partial charge in [0.1, 0.15) is 6.04 Å². The first-order valence-electron chi connectivity index (χ1n) is 7.05. The first-order chi connectivity index (χ1) is 10.4. The molecule has 0 aliphatic rings. The molecule has 1 aromatic rings. The zero-order chi connectivity index (χ0) is 16.5. The van der Waals surface area contributed by atoms with Crippen molar-refractivity contribution in [3.05, 3.63) is 29.3 Å². The Bertz CT molecular complexity index is 491. The Morgan fingerprint density at radius 1 is 1.27 bits per heavy atom. The van der Waals surface area contributed by atoms with E-state index in [0.29, 0.717) is 17.3 Å². The van der Waals surface area contributed by atoms with E-state index in [1.165, 1.54) is 0 Å². The molecule has 1 rings (SSSR count). The molecule has 3 N–H and O–H groups in total. The lowest BCUT2D eigenvalue weighted by atomic mass is 10.2. The van der Waals surface area contributed by atoms with E-state index in [0.717, 1.165) is 13.0 Å². The number of carbonyl (C=O) groups is 2. The Labute approximate surface area is 135 Å². The van der Waals surface area contributed by atoms with Crippen LogP contribution in [0.2, 0.25) is 5.02 Å². The minimum absolute atomic E-state index is 0.125. The van der Waals surface area contributed by atoms with Crippen molar-refractivity contribution < 1.29 is 14.7 Å². The number of carboxylic acid groups (broad SMARTS) is 1. The van der Waals surface area contributed by atoms with Crippen LogP contribution in [0.25, 0.3) is 0 Å². The van der Waals surface area contributed by atoms with Gasteiger partial charge in [0.25, 0.3) is 0 Å². The maximum Gasteiger partial charge on any atom is 0.321 e. The first kappa shape index (κ1) is 18.4. The fraction of sp³-hybridized carbons (Fsp3) is 0.467. The molecule has 0 radical (unpaired) electrons. The number of anilines is 1. The van der Waals surface area contributed by atoms with Crippen molar-refractivity contribution >= 4 is 29.2 Å². The van der Waals surface area contributed by atoms with Gasteiger partial charge in [-0.05, 0) is 57.9 Å². The zero-order valence-corrected chi connectivity index (χ0v) is 13.6. The van der Waals surface area contributed by atoms with Crippen LogP contribution in [-0.4, -0.2) is 55.1 Å². The van der Waals surface area contributed by atoms with Crippen LogP contribution in [0.15, 0.2) is 24.3 Å². The molecule has 122 valence electrons. The average molecular weight is 328 g/mol. The summed E-state index contributed by atoms with van der Waals surface area (Å²) in [6.45, 7) is 1.40. The highest BCUT2D eigenvalue weighted by Crippen LogP contribution is 2.13. The van der Waals surface area contributed by atoms with Crippen LogP contribution < -0.4 is 10.6 Å². The van der Waals surface area contributed by atoms with E-state index >= 15 is 0 Å². The van der Waals surface area contributed by atoms with Gasteiger partial charge in [-0.3, -0.25) is 9.59 Å². The number of rotatable bonds is 9. The molecule has 0 saturated heterocycles. The lowest BCUT2D eigenvalue weighted by molar-refractivity contribution is -0.141. The summed E-state index contributed by atoms with van der Waals surface area (Å²) in [6, 6.07) is 5.76. The molecule has 0 aliphatic heterocycles. The molecular weight excluding hydrogens is 306 g/mol. The third-order valence-electron chi connectivity index (χ3n) is 2.99. The minimum Gasteiger partial charge on any atom is -0.480 e. The van der Waals surface area contributed by atoms with Gasteiger partial charge in [-0.25, -0.2) is 0 Å². The number of aliphatic carboxylic acids is 1. The van der Waals surface area contributed by atoms with Gasteiger partial charge in [0.05, 0.1) is 6.42 Å². The molecule has 1 atom stereocenters. The van der Waals surface area contributed by atoms with E-state index in [4.69, 9.17) is 16.7 Å². The molecule has 1 amide bonds. The summed E-state index contributed by atoms with van der Waals surface area (Å²) in [7, 11) is 3.91. The van der Waals surface area contributed by atoms with Crippen LogP contribution in [0.5, 0.6) is 0 Å². The van der Waals surface area contributed by atoms with E-state index < -0.39 is 12.0 Å². The van der Waals surface area contributed by atoms with Gasteiger partial charge in [-0.15, -0.1) is 0 Å². The number of nitrogens with zero attached hydrogens (tertiary/aromatic N) is 1. The van der Waals surface area contributed by atoms with E-state index in [2.05, 4.69) is 10.6 Å². The second-order valence-corrected chi connectivity index (χ2v) is 5.70. The maximum atomic E-state index is 11.9. The molecule has 0 aromatic heterocycles. The molecule has 0 heterocycles. The lowest BCUT2D eigenvalue weighted by Crippen LogP contribution is -2.40. The van der Waals surface area contributed by atoms with Gasteiger partial charge in [-0.2, -0.15) is 0 Å². The van der Waals surface area contributed by atoms with Gasteiger partial charge >= 0.3 is 5.97 Å². The monoisotopic (exact) mass is 327 g/mol. The summed E-state index contributed by atoms with van der Waals surface area (Å²) in [6.07, 6.45) is 0.690. The molecule has 0 bridgehead atoms. The van der Waals surface area contributed by atoms with Crippen LogP contribution in [-0.2, 0) is 9.59 Å². The summed E-state index contributed by atoms with van der Waals surface area (Å²) in [5.41, 5.74) is 0.589. The second kappa shape index (κ2) is 9.40. The van der Waals surface area contributed by atoms with Gasteiger partial charge in [0.2, 0.25) is 5.91 Å². The summed E-state index contributed by atoms with van der Waals surface area (Å²) >= 11 is 5.76. The molecular formula is C15H22ClN3O3. The smallest absolute Gasteiger partial charge is 0.321 e. The summed E-state index contributed by atoms with van der Waals surface area (Å²) in [5, 5.41) is 15.3. The molecule has 0 spiro atoms. The number of carbonyl (C=O) groups excluding carboxylic acids is 1. The first-order valence-corrected chi connectivity index (χ1v) is 7.42. The second-order valence-electron chi connectivity index (χ2n) is 5.26. The highest BCUT2D eigenvalue weighted by Gasteiger charge is 2.20. The van der Waals surface area contributed by atoms with Crippen molar-refractivity contribution in [3.63, 3.8) is 0 Å². The number of amides is 1. The van der Waals surface area contributed by atoms with Gasteiger partial charge in [-0.1, -0.05) is 11.6 Å². The van der Waals surface area contributed by atoms with Crippen molar-refractivity contribution in [1.82, 2.24) is 10.2 Å². The molecule has 1 aromatic carbocycles. The van der Waals surface area contributed by atoms with Crippen LogP contribution in [0.4, 0.5) is 5.69 Å². The third kappa shape index (κ3) is 7.40. The van der Waals surface area contributed by atoms with Crippen LogP contribution >= 0.6 is 11.6 Å². The Morgan fingerprint density at radius 3 is 2.45 bits per heavy atom. The highest BCUT2D eigenvalue weighted by atomic mass is 35.5. The fourth-order valence-corrected chi connectivity index (χ4v) is 1.97. The van der Waals surface area contributed by atoms with Crippen LogP contribution in [0.3, 0.4) is 0 Å². The average Bonchev–Trinajstić information content (AvgIpc) is 2.44. The molecule has 22 heavy (non-hydrogen) atoms. The van der Waals surface area contributed by atoms with Crippen LogP contribution in [0, 0.1) is 0 Å². The lowest BCUT2D eigenvalue weighted by Gasteiger charge is -2.15. The van der Waals surface area contributed by atoms with Crippen molar-refractivity contribution in [3.8, 4) is 0 Å². The Balaban J connectivity index is 2.43. The molecule has 6 nitrogen and oxygen atoms in total. The standard InChI is InChI=1S/C15H22ClN3O3/c1-19(2)9-3-8-17-13(15(21)22)10-14(20)18-12-6-4-11(16)5-7-12/h4-7,13,17H,3,8-10H2,1-2H3,(H,18,20)(H,21,22)/t13-/m0/s1. The largest absolute Gasteiger partial charge is 0.480 e. The predicted molar refractivity (Wildman–Crippen MR) is 87.3 cm³/mol. The van der Waals surface area contributed by atoms with Crippen molar-refractivity contribution in [2.75, 3.05) is 32.5 Å².